The molecule has 26 nitrogen and oxygen atoms in total. The Kier molecular flexibility index (Phi) is 36.9. The first kappa shape index (κ1) is 86.7. The van der Waals surface area contributed by atoms with Gasteiger partial charge >= 0.3 is 6.03 Å². The number of primary amides is 1. The number of carbonyl (C=O) groups excluding carboxylic acids is 11. The number of hydrogen-bond acceptors (Lipinski definition) is 14. The number of carbonyl (C=O) groups is 11. The molecule has 10 N–H and O–H groups in total. The van der Waals surface area contributed by atoms with Gasteiger partial charge in [-0.3, -0.25) is 52.8 Å². The average Bonchev–Trinajstić information content (AvgIpc) is 1.40. The summed E-state index contributed by atoms with van der Waals surface area (Å²) in [5.41, 5.74) is 7.10. The van der Waals surface area contributed by atoms with Crippen molar-refractivity contribution in [3.05, 3.63) is 65.7 Å². The number of benzene rings is 2. The lowest BCUT2D eigenvalue weighted by molar-refractivity contribution is -0.148. The maximum atomic E-state index is 14.7. The van der Waals surface area contributed by atoms with Gasteiger partial charge in [-0.25, -0.2) is 4.79 Å². The van der Waals surface area contributed by atoms with Crippen molar-refractivity contribution in [1.29, 1.82) is 0 Å². The van der Waals surface area contributed by atoms with Crippen molar-refractivity contribution in [2.45, 2.75) is 240 Å². The first-order valence-corrected chi connectivity index (χ1v) is 37.1. The first-order valence-electron chi connectivity index (χ1n) is 37.1. The van der Waals surface area contributed by atoms with E-state index in [1.165, 1.54) is 14.2 Å². The third-order valence-corrected chi connectivity index (χ3v) is 20.5. The van der Waals surface area contributed by atoms with Crippen molar-refractivity contribution in [3.8, 4) is 0 Å². The highest BCUT2D eigenvalue weighted by molar-refractivity contribution is 5.99. The lowest BCUT2D eigenvalue weighted by Gasteiger charge is -2.41. The monoisotopic (exact) mass is 1430 g/mol. The summed E-state index contributed by atoms with van der Waals surface area (Å²) < 4.78 is 12.3. The molecule has 26 heteroatoms. The van der Waals surface area contributed by atoms with Crippen molar-refractivity contribution < 1.29 is 62.2 Å². The fourth-order valence-corrected chi connectivity index (χ4v) is 14.0. The summed E-state index contributed by atoms with van der Waals surface area (Å²) in [6.07, 6.45) is 4.69. The van der Waals surface area contributed by atoms with Crippen LogP contribution in [0.15, 0.2) is 54.6 Å². The van der Waals surface area contributed by atoms with Gasteiger partial charge in [0.2, 0.25) is 59.1 Å². The summed E-state index contributed by atoms with van der Waals surface area (Å²) in [6.45, 7) is 24.5. The Balaban J connectivity index is 1.43. The second kappa shape index (κ2) is 43.4. The Bertz CT molecular complexity index is 3030. The van der Waals surface area contributed by atoms with Crippen LogP contribution in [0.2, 0.25) is 0 Å². The van der Waals surface area contributed by atoms with Crippen LogP contribution in [-0.4, -0.2) is 207 Å². The molecular formula is C76H125N13O13. The number of urea groups is 1. The molecule has 12 amide bonds. The van der Waals surface area contributed by atoms with Crippen molar-refractivity contribution in [1.82, 2.24) is 56.8 Å². The number of nitrogens with two attached hydrogens (primary N) is 1. The van der Waals surface area contributed by atoms with E-state index in [2.05, 4.69) is 56.4 Å². The van der Waals surface area contributed by atoms with Gasteiger partial charge in [0.05, 0.1) is 42.7 Å². The Hall–Kier alpha value is -7.71. The van der Waals surface area contributed by atoms with Gasteiger partial charge < -0.3 is 72.4 Å². The molecule has 2 aliphatic heterocycles. The second-order valence-corrected chi connectivity index (χ2v) is 29.3. The van der Waals surface area contributed by atoms with E-state index in [0.717, 1.165) is 31.2 Å². The molecule has 0 bridgehead atoms. The maximum Gasteiger partial charge on any atom is 0.312 e. The Morgan fingerprint density at radius 2 is 1.29 bits per heavy atom. The molecule has 4 rings (SSSR count). The Labute approximate surface area is 607 Å². The first-order chi connectivity index (χ1) is 48.3. The highest BCUT2D eigenvalue weighted by atomic mass is 16.5. The number of unbranched alkanes of at least 4 members (excludes halogenated alkanes) is 1. The van der Waals surface area contributed by atoms with Gasteiger partial charge in [-0.05, 0) is 119 Å². The van der Waals surface area contributed by atoms with Crippen LogP contribution in [0.25, 0.3) is 0 Å². The summed E-state index contributed by atoms with van der Waals surface area (Å²) in [5.74, 6) is -5.45. The van der Waals surface area contributed by atoms with Gasteiger partial charge in [-0.1, -0.05) is 138 Å². The average molecular weight is 1430 g/mol. The minimum absolute atomic E-state index is 0.0192. The van der Waals surface area contributed by atoms with Crippen LogP contribution in [0.1, 0.15) is 178 Å². The molecule has 2 aromatic rings. The van der Waals surface area contributed by atoms with Crippen molar-refractivity contribution in [2.24, 2.45) is 47.2 Å². The topological polar surface area (TPSA) is 341 Å². The van der Waals surface area contributed by atoms with Crippen LogP contribution in [0, 0.1) is 41.4 Å². The van der Waals surface area contributed by atoms with E-state index in [1.807, 2.05) is 97.8 Å². The van der Waals surface area contributed by atoms with E-state index in [-0.39, 0.29) is 117 Å². The highest BCUT2D eigenvalue weighted by Gasteiger charge is 2.44. The normalized spacial score (nSPS) is 18.9. The molecule has 0 saturated carbocycles. The number of anilines is 1. The smallest absolute Gasteiger partial charge is 0.312 e. The van der Waals surface area contributed by atoms with E-state index >= 15 is 0 Å². The minimum Gasteiger partial charge on any atom is -0.379 e. The molecule has 15 atom stereocenters. The molecule has 0 aliphatic carbocycles. The van der Waals surface area contributed by atoms with E-state index in [0.29, 0.717) is 56.6 Å². The third-order valence-electron chi connectivity index (χ3n) is 20.5. The fraction of sp³-hybridized carbons (Fsp3) is 0.697. The van der Waals surface area contributed by atoms with E-state index in [1.54, 1.807) is 66.8 Å². The molecular weight excluding hydrogens is 1300 g/mol. The van der Waals surface area contributed by atoms with Crippen LogP contribution >= 0.6 is 0 Å². The molecule has 2 heterocycles. The van der Waals surface area contributed by atoms with Gasteiger partial charge in [0.25, 0.3) is 0 Å². The fourth-order valence-electron chi connectivity index (χ4n) is 14.0. The largest absolute Gasteiger partial charge is 0.379 e. The van der Waals surface area contributed by atoms with Gasteiger partial charge in [-0.15, -0.1) is 0 Å². The molecule has 0 spiro atoms. The van der Waals surface area contributed by atoms with Gasteiger partial charge in [0.15, 0.2) is 0 Å². The van der Waals surface area contributed by atoms with Crippen molar-refractivity contribution in [2.75, 3.05) is 66.9 Å². The number of rotatable bonds is 42. The number of nitrogens with zero attached hydrogens (tertiary/aromatic N) is 4. The molecule has 572 valence electrons. The van der Waals surface area contributed by atoms with E-state index in [9.17, 15) is 52.7 Å². The zero-order chi connectivity index (χ0) is 76.1. The molecule has 0 aromatic heterocycles. The van der Waals surface area contributed by atoms with Crippen LogP contribution < -0.4 is 48.3 Å². The predicted octanol–water partition coefficient (Wildman–Crippen LogP) is 6.04. The van der Waals surface area contributed by atoms with Gasteiger partial charge in [0, 0.05) is 90.9 Å². The summed E-state index contributed by atoms with van der Waals surface area (Å²) in [6, 6.07) is 9.67. The number of likely N-dealkylation sites (tertiary alicyclic amines) is 2. The zero-order valence-electron chi connectivity index (χ0n) is 64.1. The standard InChI is InChI=1S/C76H125N13O13/c1-18-21-27-49(9)67(86(13)14)74(98)85-65(47(6)7)75(99)87(15)66(48(8)19-2)60(101-16)43-63(92)89-40-26-31-59(89)68(102-17)52(12)69(93)83-58(42-53-28-23-22-24-29-53)71(95)79-44-54-32-34-55(35-33-54)81-72(96)57(30-25-39-78-76(77)100)82-73(97)64(46(4)5)84-61(90)36-37-62(91)88-41-38-56(50(10)45-88)70(94)80-51(11)20-3/h22-24,28-29,32-35,46-52,56-60,64-68H,18-21,25-27,30-31,36-45H2,1-17H3,(H,79,95)(H,80,94)(H,81,96)(H,82,97)(H,83,93)(H,84,90)(H,85,98)(H3,77,78,100)/t48-,49?,50?,51?,52+,56?,57-,58-,59-,60+,64-,65-,66-,67-,68+/m0/s1. The summed E-state index contributed by atoms with van der Waals surface area (Å²) in [5, 5.41) is 23.0. The second-order valence-electron chi connectivity index (χ2n) is 29.3. The molecule has 2 fully saturated rings. The van der Waals surface area contributed by atoms with E-state index in [4.69, 9.17) is 15.2 Å². The van der Waals surface area contributed by atoms with Gasteiger partial charge in [-0.2, -0.15) is 0 Å². The number of methoxy groups -OCH3 is 2. The molecule has 4 unspecified atom stereocenters. The molecule has 2 aromatic carbocycles. The Morgan fingerprint density at radius 3 is 1.87 bits per heavy atom. The third kappa shape index (κ3) is 26.5. The van der Waals surface area contributed by atoms with Crippen LogP contribution in [0.4, 0.5) is 10.5 Å². The van der Waals surface area contributed by atoms with Gasteiger partial charge in [0.1, 0.15) is 24.2 Å². The lowest BCUT2D eigenvalue weighted by Crippen LogP contribution is -2.60. The summed E-state index contributed by atoms with van der Waals surface area (Å²) in [7, 11) is 8.52. The van der Waals surface area contributed by atoms with E-state index < -0.39 is 102 Å². The van der Waals surface area contributed by atoms with Crippen molar-refractivity contribution in [3.63, 3.8) is 0 Å². The SMILES string of the molecule is CCCCC(C)[C@@H](C(=O)N[C@H](C(=O)N(C)[C@@H]([C@@H](C)CC)[C@@H](CC(=O)N1CCC[C@H]1[C@H](OC)[C@@H](C)C(=O)N[C@@H](Cc1ccccc1)C(=O)NCc1ccc(NC(=O)[C@H](CCCNC(N)=O)NC(=O)[C@@H](NC(=O)CCC(=O)N2CCC(C(=O)NC(C)CC)C(C)C2)C(C)C)cc1)OC)C(C)C)N(C)C. The molecule has 0 radical (unpaired) electrons. The number of amides is 12. The number of piperidine rings is 1. The zero-order valence-corrected chi connectivity index (χ0v) is 64.1. The number of hydrogen-bond donors (Lipinski definition) is 9. The van der Waals surface area contributed by atoms with Crippen LogP contribution in [-0.2, 0) is 70.4 Å². The number of nitrogens with one attached hydrogen (secondary N) is 8. The minimum atomic E-state index is -1.13. The Morgan fingerprint density at radius 1 is 0.637 bits per heavy atom. The molecule has 102 heavy (non-hydrogen) atoms. The van der Waals surface area contributed by atoms with Crippen LogP contribution in [0.3, 0.4) is 0 Å². The molecule has 2 aliphatic rings. The predicted molar refractivity (Wildman–Crippen MR) is 395 cm³/mol. The number of likely N-dealkylation sites (N-methyl/N-ethyl adjacent to an activating group) is 2. The van der Waals surface area contributed by atoms with Crippen molar-refractivity contribution >= 4 is 70.8 Å². The molecule has 2 saturated heterocycles. The lowest BCUT2D eigenvalue weighted by atomic mass is 9.85. The number of ether oxygens (including phenoxy) is 2. The maximum absolute atomic E-state index is 14.7. The quantitative estimate of drug-likeness (QED) is 0.0342. The van der Waals surface area contributed by atoms with Crippen LogP contribution in [0.5, 0.6) is 0 Å². The summed E-state index contributed by atoms with van der Waals surface area (Å²) >= 11 is 0. The highest BCUT2D eigenvalue weighted by Crippen LogP contribution is 2.31. The summed E-state index contributed by atoms with van der Waals surface area (Å²) in [4.78, 5) is 158.